The fourth-order valence-electron chi connectivity index (χ4n) is 1.74. The van der Waals surface area contributed by atoms with Gasteiger partial charge in [-0.25, -0.2) is 4.39 Å². The van der Waals surface area contributed by atoms with Crippen LogP contribution in [0.15, 0.2) is 18.2 Å². The first-order chi connectivity index (χ1) is 8.08. The van der Waals surface area contributed by atoms with Gasteiger partial charge < -0.3 is 10.1 Å². The van der Waals surface area contributed by atoms with Gasteiger partial charge in [-0.05, 0) is 19.9 Å². The predicted octanol–water partition coefficient (Wildman–Crippen LogP) is 2.90. The quantitative estimate of drug-likeness (QED) is 0.792. The minimum absolute atomic E-state index is 0.0794. The van der Waals surface area contributed by atoms with E-state index in [0.717, 1.165) is 0 Å². The van der Waals surface area contributed by atoms with Crippen LogP contribution >= 0.6 is 0 Å². The Morgan fingerprint density at radius 2 is 2.18 bits per heavy atom. The molecule has 0 saturated carbocycles. The number of ether oxygens (including phenoxy) is 1. The first-order valence-electron chi connectivity index (χ1n) is 5.61. The molecule has 3 heteroatoms. The molecule has 1 aromatic rings. The van der Waals surface area contributed by atoms with E-state index in [-0.39, 0.29) is 17.9 Å². The lowest BCUT2D eigenvalue weighted by Crippen LogP contribution is -2.29. The molecule has 2 atom stereocenters. The third kappa shape index (κ3) is 3.76. The summed E-state index contributed by atoms with van der Waals surface area (Å²) in [5.41, 5.74) is 0.620. The molecule has 0 bridgehead atoms. The van der Waals surface area contributed by atoms with Gasteiger partial charge in [-0.3, -0.25) is 0 Å². The summed E-state index contributed by atoms with van der Waals surface area (Å²) in [7, 11) is 1.52. The molecule has 1 rings (SSSR count). The van der Waals surface area contributed by atoms with E-state index in [1.807, 2.05) is 13.8 Å². The molecule has 0 amide bonds. The fourth-order valence-corrected chi connectivity index (χ4v) is 1.74. The van der Waals surface area contributed by atoms with Crippen molar-refractivity contribution < 1.29 is 9.13 Å². The Morgan fingerprint density at radius 1 is 1.47 bits per heavy atom. The van der Waals surface area contributed by atoms with Crippen molar-refractivity contribution in [1.82, 2.24) is 5.32 Å². The van der Waals surface area contributed by atoms with Crippen molar-refractivity contribution in [3.63, 3.8) is 0 Å². The Hall–Kier alpha value is -1.53. The van der Waals surface area contributed by atoms with Gasteiger partial charge in [0.05, 0.1) is 7.11 Å². The highest BCUT2D eigenvalue weighted by Crippen LogP contribution is 2.22. The van der Waals surface area contributed by atoms with Crippen LogP contribution < -0.4 is 10.1 Å². The van der Waals surface area contributed by atoms with Crippen molar-refractivity contribution in [3.05, 3.63) is 29.6 Å². The lowest BCUT2D eigenvalue weighted by molar-refractivity contribution is 0.408. The Morgan fingerprint density at radius 3 is 2.71 bits per heavy atom. The molecule has 0 fully saturated rings. The number of halogens is 1. The summed E-state index contributed by atoms with van der Waals surface area (Å²) in [6.45, 7) is 3.90. The van der Waals surface area contributed by atoms with E-state index < -0.39 is 0 Å². The fraction of sp³-hybridized carbons (Fsp3) is 0.429. The van der Waals surface area contributed by atoms with Crippen molar-refractivity contribution in [2.45, 2.75) is 32.4 Å². The number of rotatable bonds is 5. The van der Waals surface area contributed by atoms with Gasteiger partial charge in [0, 0.05) is 30.1 Å². The lowest BCUT2D eigenvalue weighted by Gasteiger charge is -2.19. The highest BCUT2D eigenvalue weighted by atomic mass is 19.1. The predicted molar refractivity (Wildman–Crippen MR) is 67.4 cm³/mol. The molecule has 1 aromatic carbocycles. The smallest absolute Gasteiger partial charge is 0.131 e. The molecule has 0 aromatic heterocycles. The van der Waals surface area contributed by atoms with Crippen LogP contribution in [0.4, 0.5) is 4.39 Å². The maximum Gasteiger partial charge on any atom is 0.131 e. The van der Waals surface area contributed by atoms with E-state index in [1.54, 1.807) is 12.1 Å². The minimum Gasteiger partial charge on any atom is -0.497 e. The van der Waals surface area contributed by atoms with Gasteiger partial charge in [0.25, 0.3) is 0 Å². The Balaban J connectivity index is 2.75. The van der Waals surface area contributed by atoms with Gasteiger partial charge in [-0.15, -0.1) is 12.3 Å². The summed E-state index contributed by atoms with van der Waals surface area (Å²) in [5, 5.41) is 3.25. The van der Waals surface area contributed by atoms with E-state index in [0.29, 0.717) is 17.7 Å². The van der Waals surface area contributed by atoms with Gasteiger partial charge >= 0.3 is 0 Å². The van der Waals surface area contributed by atoms with Crippen molar-refractivity contribution in [2.75, 3.05) is 7.11 Å². The highest BCUT2D eigenvalue weighted by Gasteiger charge is 2.13. The summed E-state index contributed by atoms with van der Waals surface area (Å²) >= 11 is 0. The molecule has 2 unspecified atom stereocenters. The molecule has 92 valence electrons. The molecule has 0 aliphatic rings. The highest BCUT2D eigenvalue weighted by molar-refractivity contribution is 5.30. The summed E-state index contributed by atoms with van der Waals surface area (Å²) in [5.74, 6) is 2.84. The van der Waals surface area contributed by atoms with E-state index >= 15 is 0 Å². The molecule has 1 N–H and O–H groups in total. The van der Waals surface area contributed by atoms with E-state index in [4.69, 9.17) is 11.2 Å². The monoisotopic (exact) mass is 235 g/mol. The number of hydrogen-bond acceptors (Lipinski definition) is 2. The lowest BCUT2D eigenvalue weighted by atomic mass is 10.1. The molecule has 0 aliphatic carbocycles. The van der Waals surface area contributed by atoms with E-state index in [1.165, 1.54) is 13.2 Å². The number of terminal acetylenes is 1. The van der Waals surface area contributed by atoms with Gasteiger partial charge in [0.1, 0.15) is 11.6 Å². The largest absolute Gasteiger partial charge is 0.497 e. The average molecular weight is 235 g/mol. The van der Waals surface area contributed by atoms with Gasteiger partial charge in [0.2, 0.25) is 0 Å². The van der Waals surface area contributed by atoms with Crippen molar-refractivity contribution in [3.8, 4) is 18.1 Å². The normalized spacial score (nSPS) is 13.8. The van der Waals surface area contributed by atoms with Gasteiger partial charge in [-0.2, -0.15) is 0 Å². The SMILES string of the molecule is C#CCC(C)NC(C)c1ccc(OC)cc1F. The second-order valence-corrected chi connectivity index (χ2v) is 4.09. The third-order valence-electron chi connectivity index (χ3n) is 2.63. The Labute approximate surface area is 102 Å². The number of hydrogen-bond donors (Lipinski definition) is 1. The summed E-state index contributed by atoms with van der Waals surface area (Å²) in [4.78, 5) is 0. The first kappa shape index (κ1) is 13.5. The number of benzene rings is 1. The van der Waals surface area contributed by atoms with Gasteiger partial charge in [0.15, 0.2) is 0 Å². The second kappa shape index (κ2) is 6.27. The first-order valence-corrected chi connectivity index (χ1v) is 5.61. The minimum atomic E-state index is -0.266. The van der Waals surface area contributed by atoms with Crippen molar-refractivity contribution in [1.29, 1.82) is 0 Å². The zero-order valence-corrected chi connectivity index (χ0v) is 10.5. The summed E-state index contributed by atoms with van der Waals surface area (Å²) in [6, 6.07) is 4.96. The van der Waals surface area contributed by atoms with Crippen molar-refractivity contribution in [2.24, 2.45) is 0 Å². The zero-order valence-electron chi connectivity index (χ0n) is 10.5. The number of nitrogens with one attached hydrogen (secondary N) is 1. The molecule has 2 nitrogen and oxygen atoms in total. The van der Waals surface area contributed by atoms with Gasteiger partial charge in [-0.1, -0.05) is 6.07 Å². The van der Waals surface area contributed by atoms with Crippen LogP contribution in [0.2, 0.25) is 0 Å². The maximum atomic E-state index is 13.8. The molecule has 0 spiro atoms. The van der Waals surface area contributed by atoms with Crippen LogP contribution in [0.5, 0.6) is 5.75 Å². The zero-order chi connectivity index (χ0) is 12.8. The summed E-state index contributed by atoms with van der Waals surface area (Å²) in [6.07, 6.45) is 5.86. The van der Waals surface area contributed by atoms with Crippen LogP contribution in [0, 0.1) is 18.2 Å². The van der Waals surface area contributed by atoms with E-state index in [2.05, 4.69) is 11.2 Å². The van der Waals surface area contributed by atoms with Crippen molar-refractivity contribution >= 4 is 0 Å². The molecule has 0 radical (unpaired) electrons. The molecule has 17 heavy (non-hydrogen) atoms. The van der Waals surface area contributed by atoms with Crippen LogP contribution in [-0.2, 0) is 0 Å². The van der Waals surface area contributed by atoms with E-state index in [9.17, 15) is 4.39 Å². The van der Waals surface area contributed by atoms with Crippen LogP contribution in [0.1, 0.15) is 31.9 Å². The topological polar surface area (TPSA) is 21.3 Å². The molecule has 0 heterocycles. The van der Waals surface area contributed by atoms with Crippen LogP contribution in [0.3, 0.4) is 0 Å². The molecule has 0 aliphatic heterocycles. The average Bonchev–Trinajstić information content (AvgIpc) is 2.28. The Bertz CT molecular complexity index is 411. The standard InChI is InChI=1S/C14H18FNO/c1-5-6-10(2)16-11(3)13-8-7-12(17-4)9-14(13)15/h1,7-11,16H,6H2,2-4H3. The summed E-state index contributed by atoms with van der Waals surface area (Å²) < 4.78 is 18.7. The van der Waals surface area contributed by atoms with Crippen LogP contribution in [0.25, 0.3) is 0 Å². The number of methoxy groups -OCH3 is 1. The molecule has 0 saturated heterocycles. The third-order valence-corrected chi connectivity index (χ3v) is 2.63. The van der Waals surface area contributed by atoms with Crippen LogP contribution in [-0.4, -0.2) is 13.2 Å². The molecular formula is C14H18FNO. The Kier molecular flexibility index (Phi) is 4.99. The maximum absolute atomic E-state index is 13.8. The second-order valence-electron chi connectivity index (χ2n) is 4.09. The molecular weight excluding hydrogens is 217 g/mol.